The second-order valence-electron chi connectivity index (χ2n) is 13.3. The van der Waals surface area contributed by atoms with Gasteiger partial charge in [-0.05, 0) is 109 Å². The van der Waals surface area contributed by atoms with Gasteiger partial charge in [-0.3, -0.25) is 14.6 Å². The van der Waals surface area contributed by atoms with E-state index in [4.69, 9.17) is 14.8 Å². The van der Waals surface area contributed by atoms with E-state index in [-0.39, 0.29) is 20.4 Å². The summed E-state index contributed by atoms with van der Waals surface area (Å²) in [4.78, 5) is 13.4. The van der Waals surface area contributed by atoms with Crippen LogP contribution in [0.3, 0.4) is 0 Å². The third-order valence-corrected chi connectivity index (χ3v) is 9.88. The van der Waals surface area contributed by atoms with Gasteiger partial charge in [0.2, 0.25) is 0 Å². The van der Waals surface area contributed by atoms with Gasteiger partial charge < -0.3 is 9.30 Å². The summed E-state index contributed by atoms with van der Waals surface area (Å²) in [7, 11) is 0. The molecule has 0 unspecified atom stereocenters. The predicted octanol–water partition coefficient (Wildman–Crippen LogP) is 10.8. The fraction of sp³-hybridized carbons (Fsp3) is 0.0870. The second kappa shape index (κ2) is 14.3. The van der Waals surface area contributed by atoms with E-state index in [2.05, 4.69) is 96.8 Å². The molecular weight excluding hydrogens is 759 g/mol. The summed E-state index contributed by atoms with van der Waals surface area (Å²) in [6.45, 7) is 8.57. The van der Waals surface area contributed by atoms with Gasteiger partial charge in [0.1, 0.15) is 11.5 Å². The summed E-state index contributed by atoms with van der Waals surface area (Å²) >= 11 is 0. The molecular formula is C46H34N6OPd. The Morgan fingerprint density at radius 1 is 0.611 bits per heavy atom. The first-order valence-corrected chi connectivity index (χ1v) is 17.5. The van der Waals surface area contributed by atoms with Crippen LogP contribution in [0.5, 0.6) is 11.5 Å². The molecule has 4 aromatic carbocycles. The molecule has 8 heteroatoms. The van der Waals surface area contributed by atoms with Crippen molar-refractivity contribution in [3.63, 3.8) is 0 Å². The normalized spacial score (nSPS) is 11.2. The smallest absolute Gasteiger partial charge is 0.509 e. The van der Waals surface area contributed by atoms with E-state index in [9.17, 15) is 0 Å². The van der Waals surface area contributed by atoms with E-state index >= 15 is 0 Å². The number of ether oxygens (including phenoxy) is 1. The van der Waals surface area contributed by atoms with Gasteiger partial charge in [0.15, 0.2) is 0 Å². The van der Waals surface area contributed by atoms with Crippen molar-refractivity contribution in [2.24, 2.45) is 0 Å². The van der Waals surface area contributed by atoms with Crippen molar-refractivity contribution >= 4 is 21.8 Å². The van der Waals surface area contributed by atoms with E-state index in [1.54, 1.807) is 0 Å². The molecule has 0 radical (unpaired) electrons. The van der Waals surface area contributed by atoms with Gasteiger partial charge in [0.05, 0.1) is 5.69 Å². The molecule has 0 N–H and O–H groups in total. The van der Waals surface area contributed by atoms with Crippen LogP contribution in [0.25, 0.3) is 67.0 Å². The number of aromatic nitrogens is 6. The molecule has 0 bridgehead atoms. The molecule has 0 spiro atoms. The zero-order valence-corrected chi connectivity index (χ0v) is 31.7. The van der Waals surface area contributed by atoms with Crippen molar-refractivity contribution in [2.45, 2.75) is 27.7 Å². The van der Waals surface area contributed by atoms with Crippen LogP contribution in [0.1, 0.15) is 22.3 Å². The van der Waals surface area contributed by atoms with Crippen LogP contribution < -0.4 is 4.74 Å². The Hall–Kier alpha value is -6.20. The zero-order chi connectivity index (χ0) is 36.1. The van der Waals surface area contributed by atoms with Gasteiger partial charge in [-0.25, -0.2) is 4.98 Å². The number of benzene rings is 4. The summed E-state index contributed by atoms with van der Waals surface area (Å²) in [5.41, 5.74) is 13.4. The van der Waals surface area contributed by atoms with Crippen LogP contribution in [0, 0.1) is 39.8 Å². The fourth-order valence-corrected chi connectivity index (χ4v) is 7.21. The van der Waals surface area contributed by atoms with E-state index in [1.807, 2.05) is 96.3 Å². The monoisotopic (exact) mass is 792 g/mol. The SMILES string of the molecule is Cc1ccnc(-n2c3[c-]c(Oc4[c-]c(-n5nc(-c6ccncc6)c(-c6c(C)ccc(C)c6C)c5-c5ccncc5)ccc4)ccc3c3ccccc32)c1.[Pd+2]. The average Bonchev–Trinajstić information content (AvgIpc) is 3.74. The Kier molecular flexibility index (Phi) is 9.25. The number of rotatable bonds is 7. The molecule has 54 heavy (non-hydrogen) atoms. The third kappa shape index (κ3) is 6.10. The summed E-state index contributed by atoms with van der Waals surface area (Å²) in [6.07, 6.45) is 9.10. The van der Waals surface area contributed by atoms with Crippen LogP contribution in [-0.2, 0) is 20.4 Å². The molecule has 5 heterocycles. The van der Waals surface area contributed by atoms with Gasteiger partial charge in [0.25, 0.3) is 0 Å². The second-order valence-corrected chi connectivity index (χ2v) is 13.3. The first-order chi connectivity index (χ1) is 25.9. The summed E-state index contributed by atoms with van der Waals surface area (Å²) in [6, 6.07) is 41.9. The van der Waals surface area contributed by atoms with Gasteiger partial charge >= 0.3 is 20.4 Å². The molecule has 0 saturated carbocycles. The standard InChI is InChI=1S/C46H34N6O.Pd/c1-29-16-25-49-42(26-29)51-40-11-6-5-10-38(40)39-15-14-37(28-41(39)51)53-36-9-7-8-35(27-36)52-46(34-19-23-48-24-20-34)44(43-31(3)13-12-30(2)32(43)4)45(50-52)33-17-21-47-22-18-33;/h5-26H,1-4H3;/q-2;+2. The van der Waals surface area contributed by atoms with Crippen molar-refractivity contribution in [1.29, 1.82) is 0 Å². The van der Waals surface area contributed by atoms with Crippen LogP contribution in [0.15, 0.2) is 134 Å². The van der Waals surface area contributed by atoms with Crippen molar-refractivity contribution < 1.29 is 25.2 Å². The molecule has 0 amide bonds. The summed E-state index contributed by atoms with van der Waals surface area (Å²) in [5, 5.41) is 7.55. The summed E-state index contributed by atoms with van der Waals surface area (Å²) < 4.78 is 10.7. The first-order valence-electron chi connectivity index (χ1n) is 17.5. The minimum atomic E-state index is 0. The van der Waals surface area contributed by atoms with Crippen molar-refractivity contribution in [2.75, 3.05) is 0 Å². The van der Waals surface area contributed by atoms with Gasteiger partial charge in [-0.15, -0.1) is 35.7 Å². The van der Waals surface area contributed by atoms with E-state index in [0.29, 0.717) is 11.5 Å². The van der Waals surface area contributed by atoms with Gasteiger partial charge in [0, 0.05) is 64.7 Å². The zero-order valence-electron chi connectivity index (χ0n) is 30.1. The average molecular weight is 793 g/mol. The predicted molar refractivity (Wildman–Crippen MR) is 211 cm³/mol. The van der Waals surface area contributed by atoms with Crippen LogP contribution in [0.2, 0.25) is 0 Å². The molecule has 9 rings (SSSR count). The molecule has 7 nitrogen and oxygen atoms in total. The van der Waals surface area contributed by atoms with Crippen molar-refractivity contribution in [1.82, 2.24) is 29.3 Å². The molecule has 0 aliphatic rings. The maximum Gasteiger partial charge on any atom is 2.00 e. The summed E-state index contributed by atoms with van der Waals surface area (Å²) in [5.74, 6) is 1.95. The number of hydrogen-bond donors (Lipinski definition) is 0. The van der Waals surface area contributed by atoms with Crippen molar-refractivity contribution in [3.8, 4) is 56.6 Å². The van der Waals surface area contributed by atoms with Crippen molar-refractivity contribution in [3.05, 3.63) is 168 Å². The maximum absolute atomic E-state index is 6.56. The largest absolute Gasteiger partial charge is 2.00 e. The Balaban J connectivity index is 0.00000413. The number of pyridine rings is 3. The molecule has 264 valence electrons. The Morgan fingerprint density at radius 3 is 2.11 bits per heavy atom. The Labute approximate surface area is 327 Å². The fourth-order valence-electron chi connectivity index (χ4n) is 7.21. The maximum atomic E-state index is 6.56. The molecule has 0 fully saturated rings. The third-order valence-electron chi connectivity index (χ3n) is 9.88. The first kappa shape index (κ1) is 34.9. The van der Waals surface area contributed by atoms with Crippen LogP contribution >= 0.6 is 0 Å². The minimum absolute atomic E-state index is 0. The minimum Gasteiger partial charge on any atom is -0.509 e. The molecule has 0 saturated heterocycles. The number of nitrogens with zero attached hydrogens (tertiary/aromatic N) is 6. The molecule has 0 aliphatic heterocycles. The number of hydrogen-bond acceptors (Lipinski definition) is 5. The van der Waals surface area contributed by atoms with E-state index in [1.165, 1.54) is 16.7 Å². The van der Waals surface area contributed by atoms with Gasteiger partial charge in [-0.2, -0.15) is 17.2 Å². The quantitative estimate of drug-likeness (QED) is 0.119. The van der Waals surface area contributed by atoms with E-state index < -0.39 is 0 Å². The number of aryl methyl sites for hydroxylation is 3. The van der Waals surface area contributed by atoms with Gasteiger partial charge in [-0.1, -0.05) is 35.8 Å². The topological polar surface area (TPSA) is 70.7 Å². The molecule has 0 aliphatic carbocycles. The molecule has 0 atom stereocenters. The Bertz CT molecular complexity index is 2810. The van der Waals surface area contributed by atoms with Crippen LogP contribution in [0.4, 0.5) is 0 Å². The van der Waals surface area contributed by atoms with E-state index in [0.717, 1.165) is 72.5 Å². The number of fused-ring (bicyclic) bond motifs is 3. The van der Waals surface area contributed by atoms with Crippen LogP contribution in [-0.4, -0.2) is 29.3 Å². The molecule has 5 aromatic heterocycles. The molecule has 9 aromatic rings. The number of para-hydroxylation sites is 1. The Morgan fingerprint density at radius 2 is 1.33 bits per heavy atom.